The van der Waals surface area contributed by atoms with Gasteiger partial charge in [0.05, 0.1) is 17.6 Å². The Hall–Kier alpha value is -2.86. The van der Waals surface area contributed by atoms with E-state index in [0.717, 1.165) is 23.9 Å². The van der Waals surface area contributed by atoms with E-state index in [1.807, 2.05) is 49.4 Å². The van der Waals surface area contributed by atoms with Gasteiger partial charge in [-0.2, -0.15) is 0 Å². The molecule has 148 valence electrons. The van der Waals surface area contributed by atoms with Crippen molar-refractivity contribution < 1.29 is 9.53 Å². The van der Waals surface area contributed by atoms with Crippen molar-refractivity contribution in [2.24, 2.45) is 0 Å². The van der Waals surface area contributed by atoms with Crippen LogP contribution in [0.15, 0.2) is 59.4 Å². The Labute approximate surface area is 164 Å². The molecule has 0 fully saturated rings. The van der Waals surface area contributed by atoms with Crippen LogP contribution in [0.5, 0.6) is 0 Å². The van der Waals surface area contributed by atoms with E-state index in [2.05, 4.69) is 17.4 Å². The third-order valence-corrected chi connectivity index (χ3v) is 4.71. The lowest BCUT2D eigenvalue weighted by Gasteiger charge is -2.07. The molecule has 3 aromatic rings. The number of aryl methyl sites for hydroxylation is 1. The summed E-state index contributed by atoms with van der Waals surface area (Å²) in [5.74, 6) is -0.162. The Bertz CT molecular complexity index is 960. The van der Waals surface area contributed by atoms with E-state index in [1.165, 1.54) is 10.1 Å². The van der Waals surface area contributed by atoms with Gasteiger partial charge in [-0.3, -0.25) is 13.9 Å². The van der Waals surface area contributed by atoms with Crippen molar-refractivity contribution in [2.45, 2.75) is 32.9 Å². The van der Waals surface area contributed by atoms with Gasteiger partial charge in [0.2, 0.25) is 5.91 Å². The summed E-state index contributed by atoms with van der Waals surface area (Å²) >= 11 is 0. The normalized spacial score (nSPS) is 11.0. The molecule has 6 heteroatoms. The minimum absolute atomic E-state index is 0.0290. The SMILES string of the molecule is CCn1c(=O)n(CC(=O)NCCCOCCc2ccccc2)c2ccccc21. The summed E-state index contributed by atoms with van der Waals surface area (Å²) in [5, 5.41) is 2.87. The van der Waals surface area contributed by atoms with Crippen molar-refractivity contribution in [2.75, 3.05) is 19.8 Å². The number of amides is 1. The molecule has 6 nitrogen and oxygen atoms in total. The van der Waals surface area contributed by atoms with Crippen LogP contribution < -0.4 is 11.0 Å². The first-order chi connectivity index (χ1) is 13.7. The first-order valence-electron chi connectivity index (χ1n) is 9.77. The maximum absolute atomic E-state index is 12.5. The molecular weight excluding hydrogens is 354 g/mol. The smallest absolute Gasteiger partial charge is 0.329 e. The number of rotatable bonds is 10. The highest BCUT2D eigenvalue weighted by Crippen LogP contribution is 2.12. The maximum Gasteiger partial charge on any atom is 0.329 e. The molecule has 1 aromatic heterocycles. The molecule has 28 heavy (non-hydrogen) atoms. The summed E-state index contributed by atoms with van der Waals surface area (Å²) in [4.78, 5) is 24.8. The lowest BCUT2D eigenvalue weighted by Crippen LogP contribution is -2.33. The van der Waals surface area contributed by atoms with Crippen molar-refractivity contribution in [3.8, 4) is 0 Å². The Morgan fingerprint density at radius 1 is 0.964 bits per heavy atom. The average molecular weight is 381 g/mol. The number of hydrogen-bond acceptors (Lipinski definition) is 3. The fourth-order valence-corrected chi connectivity index (χ4v) is 3.27. The number of carbonyl (C=O) groups excluding carboxylic acids is 1. The van der Waals surface area contributed by atoms with E-state index < -0.39 is 0 Å². The predicted octanol–water partition coefficient (Wildman–Crippen LogP) is 2.59. The summed E-state index contributed by atoms with van der Waals surface area (Å²) in [7, 11) is 0. The number of nitrogens with zero attached hydrogens (tertiary/aromatic N) is 2. The summed E-state index contributed by atoms with van der Waals surface area (Å²) in [6.07, 6.45) is 1.63. The van der Waals surface area contributed by atoms with Crippen LogP contribution in [0.3, 0.4) is 0 Å². The van der Waals surface area contributed by atoms with Gasteiger partial charge in [0.15, 0.2) is 0 Å². The molecule has 0 aliphatic carbocycles. The highest BCUT2D eigenvalue weighted by Gasteiger charge is 2.13. The Morgan fingerprint density at radius 2 is 1.64 bits per heavy atom. The van der Waals surface area contributed by atoms with Gasteiger partial charge in [-0.25, -0.2) is 4.79 Å². The monoisotopic (exact) mass is 381 g/mol. The van der Waals surface area contributed by atoms with Crippen LogP contribution in [0.25, 0.3) is 11.0 Å². The molecule has 1 amide bonds. The summed E-state index contributed by atoms with van der Waals surface area (Å²) in [5.41, 5.74) is 2.75. The maximum atomic E-state index is 12.5. The van der Waals surface area contributed by atoms with Gasteiger partial charge < -0.3 is 10.1 Å². The fraction of sp³-hybridized carbons (Fsp3) is 0.364. The van der Waals surface area contributed by atoms with Crippen molar-refractivity contribution in [3.05, 3.63) is 70.6 Å². The lowest BCUT2D eigenvalue weighted by molar-refractivity contribution is -0.121. The number of carbonyl (C=O) groups is 1. The lowest BCUT2D eigenvalue weighted by atomic mass is 10.2. The van der Waals surface area contributed by atoms with Crippen LogP contribution in [0.1, 0.15) is 18.9 Å². The van der Waals surface area contributed by atoms with E-state index in [0.29, 0.717) is 26.3 Å². The molecule has 0 saturated carbocycles. The van der Waals surface area contributed by atoms with Crippen molar-refractivity contribution in [3.63, 3.8) is 0 Å². The molecule has 0 atom stereocenters. The van der Waals surface area contributed by atoms with Gasteiger partial charge in [-0.05, 0) is 37.5 Å². The first-order valence-corrected chi connectivity index (χ1v) is 9.77. The highest BCUT2D eigenvalue weighted by molar-refractivity contribution is 5.80. The molecular formula is C22H27N3O3. The third-order valence-electron chi connectivity index (χ3n) is 4.71. The fourth-order valence-electron chi connectivity index (χ4n) is 3.27. The van der Waals surface area contributed by atoms with Crippen LogP contribution in [0, 0.1) is 0 Å². The van der Waals surface area contributed by atoms with Crippen LogP contribution in [-0.4, -0.2) is 34.8 Å². The molecule has 0 unspecified atom stereocenters. The largest absolute Gasteiger partial charge is 0.381 e. The van der Waals surface area contributed by atoms with Crippen LogP contribution >= 0.6 is 0 Å². The van der Waals surface area contributed by atoms with Crippen molar-refractivity contribution in [1.29, 1.82) is 0 Å². The van der Waals surface area contributed by atoms with Gasteiger partial charge in [-0.15, -0.1) is 0 Å². The Morgan fingerprint density at radius 3 is 2.36 bits per heavy atom. The van der Waals surface area contributed by atoms with Crippen LogP contribution in [0.4, 0.5) is 0 Å². The molecule has 2 aromatic carbocycles. The molecule has 0 bridgehead atoms. The number of hydrogen-bond donors (Lipinski definition) is 1. The second-order valence-electron chi connectivity index (χ2n) is 6.65. The Kier molecular flexibility index (Phi) is 7.03. The van der Waals surface area contributed by atoms with Gasteiger partial charge in [0, 0.05) is 19.7 Å². The summed E-state index contributed by atoms with van der Waals surface area (Å²) in [6.45, 7) is 4.34. The molecule has 1 N–H and O–H groups in total. The zero-order valence-corrected chi connectivity index (χ0v) is 16.3. The highest BCUT2D eigenvalue weighted by atomic mass is 16.5. The van der Waals surface area contributed by atoms with Gasteiger partial charge in [0.1, 0.15) is 6.54 Å². The Balaban J connectivity index is 1.41. The van der Waals surface area contributed by atoms with E-state index in [-0.39, 0.29) is 18.1 Å². The number of para-hydroxylation sites is 2. The summed E-state index contributed by atoms with van der Waals surface area (Å²) < 4.78 is 8.84. The number of imidazole rings is 1. The first kappa shape index (κ1) is 19.9. The quantitative estimate of drug-likeness (QED) is 0.549. The molecule has 0 aliphatic heterocycles. The van der Waals surface area contributed by atoms with Gasteiger partial charge in [-0.1, -0.05) is 42.5 Å². The minimum atomic E-state index is -0.162. The standard InChI is InChI=1S/C22H27N3O3/c1-2-24-19-11-6-7-12-20(19)25(22(24)27)17-21(26)23-14-8-15-28-16-13-18-9-4-3-5-10-18/h3-7,9-12H,2,8,13-17H2,1H3,(H,23,26). The topological polar surface area (TPSA) is 65.3 Å². The van der Waals surface area contributed by atoms with Crippen LogP contribution in [-0.2, 0) is 29.0 Å². The molecule has 1 heterocycles. The predicted molar refractivity (Wildman–Crippen MR) is 110 cm³/mol. The number of fused-ring (bicyclic) bond motifs is 1. The van der Waals surface area contributed by atoms with E-state index >= 15 is 0 Å². The molecule has 3 rings (SSSR count). The zero-order chi connectivity index (χ0) is 19.8. The molecule has 0 saturated heterocycles. The number of nitrogens with one attached hydrogen (secondary N) is 1. The number of ether oxygens (including phenoxy) is 1. The van der Waals surface area contributed by atoms with Gasteiger partial charge in [0.25, 0.3) is 0 Å². The average Bonchev–Trinajstić information content (AvgIpc) is 2.99. The van der Waals surface area contributed by atoms with Crippen LogP contribution in [0.2, 0.25) is 0 Å². The minimum Gasteiger partial charge on any atom is -0.381 e. The second-order valence-corrected chi connectivity index (χ2v) is 6.65. The number of aromatic nitrogens is 2. The van der Waals surface area contributed by atoms with E-state index in [1.54, 1.807) is 4.57 Å². The molecule has 0 aliphatic rings. The van der Waals surface area contributed by atoms with Gasteiger partial charge >= 0.3 is 5.69 Å². The van der Waals surface area contributed by atoms with Crippen molar-refractivity contribution >= 4 is 16.9 Å². The molecule has 0 spiro atoms. The van der Waals surface area contributed by atoms with E-state index in [9.17, 15) is 9.59 Å². The third kappa shape index (κ3) is 4.89. The van der Waals surface area contributed by atoms with Crippen molar-refractivity contribution in [1.82, 2.24) is 14.5 Å². The number of benzene rings is 2. The second kappa shape index (κ2) is 9.90. The summed E-state index contributed by atoms with van der Waals surface area (Å²) in [6, 6.07) is 17.8. The van der Waals surface area contributed by atoms with E-state index in [4.69, 9.17) is 4.74 Å². The molecule has 0 radical (unpaired) electrons. The zero-order valence-electron chi connectivity index (χ0n) is 16.3.